The third kappa shape index (κ3) is 2.70. The van der Waals surface area contributed by atoms with Crippen molar-refractivity contribution < 1.29 is 22.1 Å². The van der Waals surface area contributed by atoms with Gasteiger partial charge in [-0.2, -0.15) is 8.42 Å². The third-order valence-electron chi connectivity index (χ3n) is 2.89. The summed E-state index contributed by atoms with van der Waals surface area (Å²) in [6.45, 7) is 5.63. The van der Waals surface area contributed by atoms with Gasteiger partial charge in [0.15, 0.2) is 5.79 Å². The molecule has 1 fully saturated rings. The lowest BCUT2D eigenvalue weighted by Gasteiger charge is -2.20. The molecule has 5 nitrogen and oxygen atoms in total. The molecule has 2 rings (SSSR count). The molecule has 0 spiro atoms. The Morgan fingerprint density at radius 1 is 1.41 bits per heavy atom. The van der Waals surface area contributed by atoms with Gasteiger partial charge in [-0.05, 0) is 31.9 Å². The van der Waals surface area contributed by atoms with Crippen LogP contribution in [-0.4, -0.2) is 38.8 Å². The topological polar surface area (TPSA) is 61.8 Å². The van der Waals surface area contributed by atoms with Crippen LogP contribution in [0.25, 0.3) is 0 Å². The lowest BCUT2D eigenvalue weighted by atomic mass is 10.1. The molecular formula is C11H18O5S. The SMILES string of the molecule is CCC1=C[C@@H](OS(C)(=O)=O)C2OC(C)(C)O[C@@H]12. The maximum atomic E-state index is 11.2. The van der Waals surface area contributed by atoms with Crippen LogP contribution in [0, 0.1) is 0 Å². The molecule has 3 atom stereocenters. The molecule has 1 unspecified atom stereocenters. The van der Waals surface area contributed by atoms with Crippen LogP contribution in [0.15, 0.2) is 11.6 Å². The fourth-order valence-corrected chi connectivity index (χ4v) is 2.89. The molecule has 0 aromatic carbocycles. The van der Waals surface area contributed by atoms with E-state index in [4.69, 9.17) is 13.7 Å². The summed E-state index contributed by atoms with van der Waals surface area (Å²) in [5.41, 5.74) is 1.04. The molecule has 17 heavy (non-hydrogen) atoms. The smallest absolute Gasteiger partial charge is 0.265 e. The minimum Gasteiger partial charge on any atom is -0.341 e. The van der Waals surface area contributed by atoms with E-state index in [1.54, 1.807) is 6.08 Å². The predicted molar refractivity (Wildman–Crippen MR) is 61.9 cm³/mol. The summed E-state index contributed by atoms with van der Waals surface area (Å²) >= 11 is 0. The fraction of sp³-hybridized carbons (Fsp3) is 0.818. The van der Waals surface area contributed by atoms with Gasteiger partial charge in [0.25, 0.3) is 10.1 Å². The van der Waals surface area contributed by atoms with E-state index >= 15 is 0 Å². The van der Waals surface area contributed by atoms with Crippen molar-refractivity contribution in [2.45, 2.75) is 51.3 Å². The molecule has 6 heteroatoms. The molecule has 0 aromatic rings. The van der Waals surface area contributed by atoms with Crippen LogP contribution >= 0.6 is 0 Å². The number of ether oxygens (including phenoxy) is 2. The van der Waals surface area contributed by atoms with Gasteiger partial charge in [-0.15, -0.1) is 0 Å². The highest BCUT2D eigenvalue weighted by atomic mass is 32.2. The molecule has 1 heterocycles. The van der Waals surface area contributed by atoms with Crippen LogP contribution in [0.2, 0.25) is 0 Å². The Morgan fingerprint density at radius 2 is 2.06 bits per heavy atom. The molecule has 98 valence electrons. The first-order valence-corrected chi connectivity index (χ1v) is 7.48. The van der Waals surface area contributed by atoms with Gasteiger partial charge in [-0.1, -0.05) is 6.92 Å². The standard InChI is InChI=1S/C11H18O5S/c1-5-7-6-8(16-17(4,12)13)10-9(7)14-11(2,3)15-10/h6,8-10H,5H2,1-4H3/t8-,9+,10?/m1/s1. The highest BCUT2D eigenvalue weighted by Gasteiger charge is 2.50. The maximum absolute atomic E-state index is 11.2. The van der Waals surface area contributed by atoms with Gasteiger partial charge in [0.1, 0.15) is 18.3 Å². The first-order valence-electron chi connectivity index (χ1n) is 5.66. The number of rotatable bonds is 3. The van der Waals surface area contributed by atoms with Crippen molar-refractivity contribution >= 4 is 10.1 Å². The summed E-state index contributed by atoms with van der Waals surface area (Å²) < 4.78 is 38.9. The number of hydrogen-bond donors (Lipinski definition) is 0. The van der Waals surface area contributed by atoms with Crippen molar-refractivity contribution in [1.82, 2.24) is 0 Å². The van der Waals surface area contributed by atoms with Crippen molar-refractivity contribution in [1.29, 1.82) is 0 Å². The lowest BCUT2D eigenvalue weighted by molar-refractivity contribution is -0.151. The molecule has 0 saturated carbocycles. The van der Waals surface area contributed by atoms with Crippen molar-refractivity contribution in [3.05, 3.63) is 11.6 Å². The predicted octanol–water partition coefficient (Wildman–Crippen LogP) is 1.20. The van der Waals surface area contributed by atoms with Gasteiger partial charge in [0.05, 0.1) is 6.26 Å². The normalized spacial score (nSPS) is 35.8. The van der Waals surface area contributed by atoms with E-state index in [1.807, 2.05) is 20.8 Å². The average molecular weight is 262 g/mol. The zero-order valence-electron chi connectivity index (χ0n) is 10.5. The van der Waals surface area contributed by atoms with E-state index in [9.17, 15) is 8.42 Å². The summed E-state index contributed by atoms with van der Waals surface area (Å²) in [6, 6.07) is 0. The van der Waals surface area contributed by atoms with Crippen LogP contribution in [0.1, 0.15) is 27.2 Å². The van der Waals surface area contributed by atoms with Gasteiger partial charge in [0.2, 0.25) is 0 Å². The van der Waals surface area contributed by atoms with Gasteiger partial charge in [-0.25, -0.2) is 0 Å². The van der Waals surface area contributed by atoms with Gasteiger partial charge < -0.3 is 9.47 Å². The van der Waals surface area contributed by atoms with E-state index in [2.05, 4.69) is 0 Å². The van der Waals surface area contributed by atoms with Crippen LogP contribution in [0.3, 0.4) is 0 Å². The number of fused-ring (bicyclic) bond motifs is 1. The van der Waals surface area contributed by atoms with Gasteiger partial charge in [0, 0.05) is 0 Å². The highest BCUT2D eigenvalue weighted by Crippen LogP contribution is 2.40. The molecule has 2 aliphatic rings. The summed E-state index contributed by atoms with van der Waals surface area (Å²) in [5, 5.41) is 0. The monoisotopic (exact) mass is 262 g/mol. The molecule has 0 amide bonds. The maximum Gasteiger partial charge on any atom is 0.265 e. The van der Waals surface area contributed by atoms with Crippen molar-refractivity contribution in [2.75, 3.05) is 6.26 Å². The Hall–Kier alpha value is -0.430. The van der Waals surface area contributed by atoms with Crippen molar-refractivity contribution in [3.8, 4) is 0 Å². The summed E-state index contributed by atoms with van der Waals surface area (Å²) in [5.74, 6) is -0.691. The minimum absolute atomic E-state index is 0.193. The molecule has 0 aromatic heterocycles. The molecule has 1 saturated heterocycles. The second-order valence-corrected chi connectivity index (χ2v) is 6.48. The summed E-state index contributed by atoms with van der Waals surface area (Å²) in [7, 11) is -3.50. The van der Waals surface area contributed by atoms with E-state index in [1.165, 1.54) is 0 Å². The van der Waals surface area contributed by atoms with Gasteiger partial charge in [-0.3, -0.25) is 4.18 Å². The fourth-order valence-electron chi connectivity index (χ4n) is 2.32. The molecule has 1 aliphatic carbocycles. The quantitative estimate of drug-likeness (QED) is 0.565. The number of hydrogen-bond acceptors (Lipinski definition) is 5. The van der Waals surface area contributed by atoms with Crippen molar-refractivity contribution in [2.24, 2.45) is 0 Å². The largest absolute Gasteiger partial charge is 0.341 e. The van der Waals surface area contributed by atoms with Crippen LogP contribution in [0.5, 0.6) is 0 Å². The molecule has 0 bridgehead atoms. The Kier molecular flexibility index (Phi) is 3.10. The van der Waals surface area contributed by atoms with Crippen LogP contribution in [0.4, 0.5) is 0 Å². The molecule has 1 aliphatic heterocycles. The summed E-state index contributed by atoms with van der Waals surface area (Å²) in [6.07, 6.45) is 2.50. The minimum atomic E-state index is -3.50. The Bertz CT molecular complexity index is 437. The molecule has 0 N–H and O–H groups in total. The highest BCUT2D eigenvalue weighted by molar-refractivity contribution is 7.86. The molecular weight excluding hydrogens is 244 g/mol. The average Bonchev–Trinajstić information content (AvgIpc) is 2.59. The second kappa shape index (κ2) is 4.05. The van der Waals surface area contributed by atoms with E-state index in [-0.39, 0.29) is 12.2 Å². The first-order chi connectivity index (χ1) is 7.72. The Balaban J connectivity index is 2.22. The summed E-state index contributed by atoms with van der Waals surface area (Å²) in [4.78, 5) is 0. The lowest BCUT2D eigenvalue weighted by Crippen LogP contribution is -2.32. The van der Waals surface area contributed by atoms with E-state index in [0.717, 1.165) is 18.2 Å². The first kappa shape index (κ1) is 13.0. The Morgan fingerprint density at radius 3 is 2.59 bits per heavy atom. The zero-order chi connectivity index (χ0) is 12.8. The van der Waals surface area contributed by atoms with Gasteiger partial charge >= 0.3 is 0 Å². The van der Waals surface area contributed by atoms with Crippen molar-refractivity contribution in [3.63, 3.8) is 0 Å². The second-order valence-electron chi connectivity index (χ2n) is 4.88. The van der Waals surface area contributed by atoms with Crippen LogP contribution < -0.4 is 0 Å². The van der Waals surface area contributed by atoms with E-state index in [0.29, 0.717) is 0 Å². The molecule has 0 radical (unpaired) electrons. The zero-order valence-corrected chi connectivity index (χ0v) is 11.3. The van der Waals surface area contributed by atoms with E-state index < -0.39 is 22.0 Å². The third-order valence-corrected chi connectivity index (χ3v) is 3.46. The van der Waals surface area contributed by atoms with Crippen LogP contribution in [-0.2, 0) is 23.8 Å². The Labute approximate surface area is 102 Å².